The molecule has 144 valence electrons. The van der Waals surface area contributed by atoms with Gasteiger partial charge in [-0.05, 0) is 37.5 Å². The number of imide groups is 1. The minimum absolute atomic E-state index is 0.0265. The van der Waals surface area contributed by atoms with Gasteiger partial charge in [0.15, 0.2) is 0 Å². The summed E-state index contributed by atoms with van der Waals surface area (Å²) in [5.41, 5.74) is 0.741. The van der Waals surface area contributed by atoms with Crippen LogP contribution in [0.5, 0.6) is 0 Å². The van der Waals surface area contributed by atoms with Crippen LogP contribution >= 0.6 is 11.6 Å². The first-order chi connectivity index (χ1) is 13.0. The molecule has 2 aliphatic heterocycles. The van der Waals surface area contributed by atoms with Crippen molar-refractivity contribution in [2.75, 3.05) is 25.0 Å². The zero-order valence-corrected chi connectivity index (χ0v) is 15.8. The van der Waals surface area contributed by atoms with Crippen LogP contribution < -0.4 is 5.32 Å². The molecular formula is C19H22ClN3O4. The maximum atomic E-state index is 12.8. The van der Waals surface area contributed by atoms with Crippen LogP contribution in [0, 0.1) is 0 Å². The SMILES string of the molecule is O=C(CCN1C(=O)CCC1=O)Nc1cc(Cl)ccc1C(=O)N1CCCCC1. The number of amides is 4. The van der Waals surface area contributed by atoms with Crippen molar-refractivity contribution in [3.8, 4) is 0 Å². The van der Waals surface area contributed by atoms with E-state index in [0.717, 1.165) is 24.2 Å². The number of anilines is 1. The van der Waals surface area contributed by atoms with Crippen molar-refractivity contribution in [3.63, 3.8) is 0 Å². The molecule has 3 rings (SSSR count). The van der Waals surface area contributed by atoms with E-state index in [1.807, 2.05) is 0 Å². The van der Waals surface area contributed by atoms with Gasteiger partial charge in [0.2, 0.25) is 17.7 Å². The van der Waals surface area contributed by atoms with Crippen LogP contribution in [0.15, 0.2) is 18.2 Å². The fourth-order valence-corrected chi connectivity index (χ4v) is 3.54. The summed E-state index contributed by atoms with van der Waals surface area (Å²) in [6.07, 6.45) is 3.42. The molecule has 0 saturated carbocycles. The third-order valence-electron chi connectivity index (χ3n) is 4.85. The molecule has 8 heteroatoms. The third kappa shape index (κ3) is 4.66. The Kier molecular flexibility index (Phi) is 6.11. The number of halogens is 1. The molecule has 27 heavy (non-hydrogen) atoms. The molecule has 0 spiro atoms. The summed E-state index contributed by atoms with van der Waals surface area (Å²) < 4.78 is 0. The second-order valence-electron chi connectivity index (χ2n) is 6.78. The first-order valence-electron chi connectivity index (χ1n) is 9.17. The summed E-state index contributed by atoms with van der Waals surface area (Å²) in [7, 11) is 0. The Balaban J connectivity index is 1.67. The maximum Gasteiger partial charge on any atom is 0.255 e. The van der Waals surface area contributed by atoms with Crippen molar-refractivity contribution in [1.82, 2.24) is 9.80 Å². The smallest absolute Gasteiger partial charge is 0.255 e. The minimum Gasteiger partial charge on any atom is -0.339 e. The number of hydrogen-bond donors (Lipinski definition) is 1. The van der Waals surface area contributed by atoms with E-state index in [2.05, 4.69) is 5.32 Å². The maximum absolute atomic E-state index is 12.8. The Labute approximate surface area is 162 Å². The lowest BCUT2D eigenvalue weighted by Gasteiger charge is -2.27. The Morgan fingerprint density at radius 2 is 1.70 bits per heavy atom. The Hall–Kier alpha value is -2.41. The van der Waals surface area contributed by atoms with Crippen LogP contribution in [0.4, 0.5) is 5.69 Å². The van der Waals surface area contributed by atoms with E-state index in [-0.39, 0.29) is 49.4 Å². The number of nitrogens with zero attached hydrogens (tertiary/aromatic N) is 2. The number of benzene rings is 1. The number of likely N-dealkylation sites (tertiary alicyclic amines) is 2. The molecule has 1 aromatic rings. The molecule has 1 N–H and O–H groups in total. The summed E-state index contributed by atoms with van der Waals surface area (Å²) in [5, 5.41) is 3.11. The first kappa shape index (κ1) is 19.4. The molecular weight excluding hydrogens is 370 g/mol. The van der Waals surface area contributed by atoms with Crippen molar-refractivity contribution in [1.29, 1.82) is 0 Å². The number of carbonyl (C=O) groups is 4. The van der Waals surface area contributed by atoms with Crippen molar-refractivity contribution >= 4 is 40.9 Å². The highest BCUT2D eigenvalue weighted by molar-refractivity contribution is 6.31. The molecule has 0 bridgehead atoms. The number of rotatable bonds is 5. The summed E-state index contributed by atoms with van der Waals surface area (Å²) in [4.78, 5) is 51.3. The number of piperidine rings is 1. The van der Waals surface area contributed by atoms with Crippen LogP contribution in [0.1, 0.15) is 48.9 Å². The van der Waals surface area contributed by atoms with E-state index < -0.39 is 0 Å². The molecule has 0 radical (unpaired) electrons. The summed E-state index contributed by atoms with van der Waals surface area (Å²) in [6, 6.07) is 4.78. The van der Waals surface area contributed by atoms with E-state index in [4.69, 9.17) is 11.6 Å². The van der Waals surface area contributed by atoms with Gasteiger partial charge in [0.25, 0.3) is 5.91 Å². The molecule has 2 saturated heterocycles. The number of nitrogens with one attached hydrogen (secondary N) is 1. The Bertz CT molecular complexity index is 758. The molecule has 2 heterocycles. The second-order valence-corrected chi connectivity index (χ2v) is 7.22. The van der Waals surface area contributed by atoms with E-state index in [1.54, 1.807) is 23.1 Å². The third-order valence-corrected chi connectivity index (χ3v) is 5.08. The predicted octanol–water partition coefficient (Wildman–Crippen LogP) is 2.44. The van der Waals surface area contributed by atoms with Crippen LogP contribution in [-0.4, -0.2) is 53.1 Å². The molecule has 2 fully saturated rings. The quantitative estimate of drug-likeness (QED) is 0.781. The topological polar surface area (TPSA) is 86.8 Å². The van der Waals surface area contributed by atoms with E-state index >= 15 is 0 Å². The van der Waals surface area contributed by atoms with Crippen LogP contribution in [-0.2, 0) is 14.4 Å². The van der Waals surface area contributed by atoms with Crippen molar-refractivity contribution in [2.24, 2.45) is 0 Å². The fourth-order valence-electron chi connectivity index (χ4n) is 3.37. The summed E-state index contributed by atoms with van der Waals surface area (Å²) in [5.74, 6) is -1.02. The number of carbonyl (C=O) groups excluding carboxylic acids is 4. The van der Waals surface area contributed by atoms with Gasteiger partial charge >= 0.3 is 0 Å². The summed E-state index contributed by atoms with van der Waals surface area (Å²) in [6.45, 7) is 1.45. The van der Waals surface area contributed by atoms with Gasteiger partial charge in [-0.2, -0.15) is 0 Å². The predicted molar refractivity (Wildman–Crippen MR) is 100 cm³/mol. The zero-order chi connectivity index (χ0) is 19.4. The van der Waals surface area contributed by atoms with Gasteiger partial charge < -0.3 is 10.2 Å². The van der Waals surface area contributed by atoms with Crippen molar-refractivity contribution < 1.29 is 19.2 Å². The zero-order valence-electron chi connectivity index (χ0n) is 15.0. The van der Waals surface area contributed by atoms with Gasteiger partial charge in [-0.15, -0.1) is 0 Å². The molecule has 0 atom stereocenters. The molecule has 7 nitrogen and oxygen atoms in total. The van der Waals surface area contributed by atoms with Gasteiger partial charge in [0.05, 0.1) is 11.3 Å². The molecule has 0 unspecified atom stereocenters. The molecule has 2 aliphatic rings. The van der Waals surface area contributed by atoms with Crippen molar-refractivity contribution in [2.45, 2.75) is 38.5 Å². The van der Waals surface area contributed by atoms with Gasteiger partial charge in [-0.3, -0.25) is 24.1 Å². The highest BCUT2D eigenvalue weighted by Crippen LogP contribution is 2.24. The highest BCUT2D eigenvalue weighted by atomic mass is 35.5. The molecule has 4 amide bonds. The lowest BCUT2D eigenvalue weighted by molar-refractivity contribution is -0.138. The van der Waals surface area contributed by atoms with Crippen molar-refractivity contribution in [3.05, 3.63) is 28.8 Å². The minimum atomic E-state index is -0.377. The van der Waals surface area contributed by atoms with Crippen LogP contribution in [0.25, 0.3) is 0 Å². The lowest BCUT2D eigenvalue weighted by Crippen LogP contribution is -2.36. The Morgan fingerprint density at radius 1 is 1.04 bits per heavy atom. The second kappa shape index (κ2) is 8.52. The first-order valence-corrected chi connectivity index (χ1v) is 9.55. The molecule has 0 aromatic heterocycles. The standard InChI is InChI=1S/C19H22ClN3O4/c20-13-4-5-14(19(27)22-9-2-1-3-10-22)15(12-13)21-16(24)8-11-23-17(25)6-7-18(23)26/h4-5,12H,1-3,6-11H2,(H,21,24). The summed E-state index contributed by atoms with van der Waals surface area (Å²) >= 11 is 6.04. The van der Waals surface area contributed by atoms with Gasteiger partial charge in [-0.1, -0.05) is 11.6 Å². The highest BCUT2D eigenvalue weighted by Gasteiger charge is 2.29. The average Bonchev–Trinajstić information content (AvgIpc) is 2.98. The number of hydrogen-bond acceptors (Lipinski definition) is 4. The van der Waals surface area contributed by atoms with Crippen LogP contribution in [0.2, 0.25) is 5.02 Å². The van der Waals surface area contributed by atoms with E-state index in [9.17, 15) is 19.2 Å². The van der Waals surface area contributed by atoms with Crippen LogP contribution in [0.3, 0.4) is 0 Å². The van der Waals surface area contributed by atoms with Gasteiger partial charge in [0.1, 0.15) is 0 Å². The molecule has 0 aliphatic carbocycles. The lowest BCUT2D eigenvalue weighted by atomic mass is 10.1. The van der Waals surface area contributed by atoms with Gasteiger partial charge in [-0.25, -0.2) is 0 Å². The average molecular weight is 392 g/mol. The Morgan fingerprint density at radius 3 is 2.37 bits per heavy atom. The largest absolute Gasteiger partial charge is 0.339 e. The van der Waals surface area contributed by atoms with Gasteiger partial charge in [0, 0.05) is 43.9 Å². The molecule has 1 aromatic carbocycles. The van der Waals surface area contributed by atoms with E-state index in [1.165, 1.54) is 0 Å². The monoisotopic (exact) mass is 391 g/mol. The normalized spacial score (nSPS) is 17.4. The fraction of sp³-hybridized carbons (Fsp3) is 0.474. The van der Waals surface area contributed by atoms with E-state index in [0.29, 0.717) is 29.4 Å².